The van der Waals surface area contributed by atoms with E-state index in [1.807, 2.05) is 0 Å². The van der Waals surface area contributed by atoms with E-state index in [0.29, 0.717) is 11.8 Å². The Morgan fingerprint density at radius 3 is 1.54 bits per heavy atom. The smallest absolute Gasteiger partial charge is 0.310 e. The first-order valence-electron chi connectivity index (χ1n) is 9.56. The molecule has 5 aliphatic carbocycles. The summed E-state index contributed by atoms with van der Waals surface area (Å²) < 4.78 is 10.3. The lowest BCUT2D eigenvalue weighted by Crippen LogP contribution is -2.58. The third kappa shape index (κ3) is 2.18. The molecule has 0 amide bonds. The minimum Gasteiger partial charge on any atom is -0.469 e. The number of hydrogen-bond acceptors (Lipinski definition) is 4. The molecule has 24 heavy (non-hydrogen) atoms. The van der Waals surface area contributed by atoms with Gasteiger partial charge >= 0.3 is 11.9 Å². The fourth-order valence-corrected chi connectivity index (χ4v) is 6.58. The molecular formula is C20H28O4. The van der Waals surface area contributed by atoms with Gasteiger partial charge in [-0.15, -0.1) is 0 Å². The number of carbonyl (C=O) groups is 2. The van der Waals surface area contributed by atoms with Crippen molar-refractivity contribution < 1.29 is 19.1 Å². The summed E-state index contributed by atoms with van der Waals surface area (Å²) in [6.07, 6.45) is 9.57. The number of carbonyl (C=O) groups excluding carboxylic acids is 2. The number of esters is 2. The third-order valence-corrected chi connectivity index (χ3v) is 7.26. The number of rotatable bonds is 2. The second-order valence-electron chi connectivity index (χ2n) is 8.02. The molecule has 6 atom stereocenters. The van der Waals surface area contributed by atoms with Crippen LogP contribution in [0, 0.1) is 35.5 Å². The zero-order valence-corrected chi connectivity index (χ0v) is 14.8. The van der Waals surface area contributed by atoms with Gasteiger partial charge in [0.2, 0.25) is 0 Å². The highest BCUT2D eigenvalue weighted by atomic mass is 16.5. The third-order valence-electron chi connectivity index (χ3n) is 7.26. The predicted octanol–water partition coefficient (Wildman–Crippen LogP) is 3.50. The number of fused-ring (bicyclic) bond motifs is 1. The molecule has 0 radical (unpaired) electrons. The summed E-state index contributed by atoms with van der Waals surface area (Å²) >= 11 is 0. The average molecular weight is 332 g/mol. The van der Waals surface area contributed by atoms with Crippen molar-refractivity contribution in [1.82, 2.24) is 0 Å². The zero-order valence-electron chi connectivity index (χ0n) is 14.8. The van der Waals surface area contributed by atoms with Crippen LogP contribution in [0.2, 0.25) is 0 Å². The highest BCUT2D eigenvalue weighted by Crippen LogP contribution is 2.63. The van der Waals surface area contributed by atoms with Crippen LogP contribution < -0.4 is 0 Å². The Balaban J connectivity index is 1.85. The Morgan fingerprint density at radius 1 is 0.750 bits per heavy atom. The molecule has 0 aromatic heterocycles. The molecule has 0 saturated heterocycles. The van der Waals surface area contributed by atoms with Crippen LogP contribution in [0.4, 0.5) is 0 Å². The molecule has 0 aliphatic heterocycles. The summed E-state index contributed by atoms with van der Waals surface area (Å²) in [6, 6.07) is 0. The Labute approximate surface area is 144 Å². The van der Waals surface area contributed by atoms with Crippen LogP contribution >= 0.6 is 0 Å². The van der Waals surface area contributed by atoms with Crippen LogP contribution in [0.5, 0.6) is 0 Å². The highest BCUT2D eigenvalue weighted by Gasteiger charge is 2.62. The molecule has 4 nitrogen and oxygen atoms in total. The van der Waals surface area contributed by atoms with Gasteiger partial charge in [-0.05, 0) is 62.2 Å². The first-order chi connectivity index (χ1) is 11.7. The van der Waals surface area contributed by atoms with Gasteiger partial charge in [-0.1, -0.05) is 24.0 Å². The monoisotopic (exact) mass is 332 g/mol. The largest absolute Gasteiger partial charge is 0.469 e. The number of allylic oxidation sites excluding steroid dienone is 2. The van der Waals surface area contributed by atoms with E-state index in [0.717, 1.165) is 12.8 Å². The Kier molecular flexibility index (Phi) is 4.17. The second kappa shape index (κ2) is 6.20. The van der Waals surface area contributed by atoms with Crippen molar-refractivity contribution >= 4 is 11.9 Å². The fraction of sp³-hybridized carbons (Fsp3) is 0.800. The normalized spacial score (nSPS) is 40.6. The van der Waals surface area contributed by atoms with E-state index in [1.165, 1.54) is 63.9 Å². The molecule has 2 saturated carbocycles. The first-order valence-corrected chi connectivity index (χ1v) is 9.56. The van der Waals surface area contributed by atoms with Gasteiger partial charge in [0.05, 0.1) is 26.1 Å². The lowest BCUT2D eigenvalue weighted by Gasteiger charge is -2.59. The van der Waals surface area contributed by atoms with Gasteiger partial charge < -0.3 is 9.47 Å². The summed E-state index contributed by atoms with van der Waals surface area (Å²) in [7, 11) is 2.90. The van der Waals surface area contributed by atoms with Crippen molar-refractivity contribution in [1.29, 1.82) is 0 Å². The summed E-state index contributed by atoms with van der Waals surface area (Å²) in [6.45, 7) is 0. The van der Waals surface area contributed by atoms with Crippen molar-refractivity contribution in [3.63, 3.8) is 0 Å². The van der Waals surface area contributed by atoms with Gasteiger partial charge in [-0.2, -0.15) is 0 Å². The molecule has 5 aliphatic rings. The molecule has 4 heteroatoms. The topological polar surface area (TPSA) is 52.6 Å². The van der Waals surface area contributed by atoms with Gasteiger partial charge in [0.15, 0.2) is 0 Å². The predicted molar refractivity (Wildman–Crippen MR) is 88.9 cm³/mol. The van der Waals surface area contributed by atoms with E-state index >= 15 is 0 Å². The van der Waals surface area contributed by atoms with Crippen LogP contribution in [0.25, 0.3) is 0 Å². The fourth-order valence-electron chi connectivity index (χ4n) is 6.58. The van der Waals surface area contributed by atoms with Crippen LogP contribution in [0.3, 0.4) is 0 Å². The number of hydrogen-bond donors (Lipinski definition) is 0. The van der Waals surface area contributed by atoms with Gasteiger partial charge in [-0.25, -0.2) is 0 Å². The molecular weight excluding hydrogens is 304 g/mol. The van der Waals surface area contributed by atoms with E-state index in [2.05, 4.69) is 0 Å². The van der Waals surface area contributed by atoms with Crippen LogP contribution in [0.1, 0.15) is 51.4 Å². The summed E-state index contributed by atoms with van der Waals surface area (Å²) in [4.78, 5) is 25.4. The van der Waals surface area contributed by atoms with Crippen molar-refractivity contribution in [2.24, 2.45) is 35.5 Å². The Bertz CT molecular complexity index is 528. The van der Waals surface area contributed by atoms with Gasteiger partial charge in [0.25, 0.3) is 0 Å². The van der Waals surface area contributed by atoms with Crippen molar-refractivity contribution in [2.45, 2.75) is 51.4 Å². The van der Waals surface area contributed by atoms with E-state index < -0.39 is 0 Å². The maximum atomic E-state index is 12.7. The maximum absolute atomic E-state index is 12.7. The molecule has 0 aromatic rings. The molecule has 2 fully saturated rings. The molecule has 5 rings (SSSR count). The molecule has 0 spiro atoms. The zero-order chi connectivity index (χ0) is 16.8. The molecule has 4 unspecified atom stereocenters. The number of ether oxygens (including phenoxy) is 2. The second-order valence-corrected chi connectivity index (χ2v) is 8.02. The Morgan fingerprint density at radius 2 is 1.17 bits per heavy atom. The van der Waals surface area contributed by atoms with Crippen molar-refractivity contribution in [3.8, 4) is 0 Å². The summed E-state index contributed by atoms with van der Waals surface area (Å²) in [5, 5.41) is 0. The summed E-state index contributed by atoms with van der Waals surface area (Å²) in [5.41, 5.74) is 3.04. The van der Waals surface area contributed by atoms with Crippen molar-refractivity contribution in [3.05, 3.63) is 11.1 Å². The SMILES string of the molecule is COC(=O)C1C(C(=O)OC)[C@H]2C3=C(CCCC3)[C@@H]1C1CCCCC12. The van der Waals surface area contributed by atoms with Gasteiger partial charge in [0.1, 0.15) is 0 Å². The van der Waals surface area contributed by atoms with E-state index in [4.69, 9.17) is 9.47 Å². The molecule has 0 N–H and O–H groups in total. The van der Waals surface area contributed by atoms with Gasteiger partial charge in [-0.3, -0.25) is 9.59 Å². The average Bonchev–Trinajstić information content (AvgIpc) is 2.66. The van der Waals surface area contributed by atoms with Crippen LogP contribution in [-0.4, -0.2) is 26.2 Å². The van der Waals surface area contributed by atoms with Crippen molar-refractivity contribution in [2.75, 3.05) is 14.2 Å². The molecule has 2 bridgehead atoms. The van der Waals surface area contributed by atoms with Crippen LogP contribution in [-0.2, 0) is 19.1 Å². The minimum atomic E-state index is -0.330. The van der Waals surface area contributed by atoms with Crippen LogP contribution in [0.15, 0.2) is 11.1 Å². The lowest BCUT2D eigenvalue weighted by atomic mass is 9.44. The van der Waals surface area contributed by atoms with E-state index in [-0.39, 0.29) is 35.6 Å². The number of methoxy groups -OCH3 is 2. The summed E-state index contributed by atoms with van der Waals surface area (Å²) in [5.74, 6) is 0.478. The lowest BCUT2D eigenvalue weighted by molar-refractivity contribution is -0.172. The van der Waals surface area contributed by atoms with E-state index in [9.17, 15) is 9.59 Å². The van der Waals surface area contributed by atoms with E-state index in [1.54, 1.807) is 0 Å². The highest BCUT2D eigenvalue weighted by molar-refractivity contribution is 5.84. The molecule has 0 aromatic carbocycles. The molecule has 132 valence electrons. The Hall–Kier alpha value is -1.32. The van der Waals surface area contributed by atoms with Gasteiger partial charge in [0, 0.05) is 0 Å². The molecule has 0 heterocycles. The quantitative estimate of drug-likeness (QED) is 0.574. The minimum absolute atomic E-state index is 0.207. The maximum Gasteiger partial charge on any atom is 0.310 e. The first kappa shape index (κ1) is 16.2. The standard InChI is InChI=1S/C20H28O4/c1-23-19(21)17-15-11-7-3-5-9-13(11)16(18(17)20(22)24-2)14-10-6-4-8-12(14)15/h11,13,15-18H,3-10H2,1-2H3/t11?,13?,15-,16+,17?,18?.